The van der Waals surface area contributed by atoms with Gasteiger partial charge in [0.1, 0.15) is 5.82 Å². The van der Waals surface area contributed by atoms with Crippen molar-refractivity contribution in [2.45, 2.75) is 44.7 Å². The third kappa shape index (κ3) is 4.65. The molecule has 3 N–H and O–H groups in total. The first-order valence-electron chi connectivity index (χ1n) is 9.58. The molecule has 1 aromatic carbocycles. The maximum atomic E-state index is 13.6. The number of likely N-dealkylation sites (tertiary alicyclic amines) is 1. The van der Waals surface area contributed by atoms with Gasteiger partial charge >= 0.3 is 0 Å². The lowest BCUT2D eigenvalue weighted by Crippen LogP contribution is -2.59. The lowest BCUT2D eigenvalue weighted by molar-refractivity contribution is -0.143. The van der Waals surface area contributed by atoms with Crippen molar-refractivity contribution in [1.29, 1.82) is 0 Å². The first kappa shape index (κ1) is 19.8. The number of benzene rings is 1. The van der Waals surface area contributed by atoms with Crippen LogP contribution in [-0.4, -0.2) is 48.6 Å². The number of nitrogens with one attached hydrogen (secondary N) is 1. The number of hydrogen-bond donors (Lipinski definition) is 2. The molecule has 3 rings (SSSR count). The summed E-state index contributed by atoms with van der Waals surface area (Å²) >= 11 is 0. The van der Waals surface area contributed by atoms with Crippen LogP contribution in [0.3, 0.4) is 0 Å². The maximum absolute atomic E-state index is 13.6. The van der Waals surface area contributed by atoms with Crippen molar-refractivity contribution in [2.75, 3.05) is 26.3 Å². The smallest absolute Gasteiger partial charge is 0.242 e. The Morgan fingerprint density at radius 3 is 2.59 bits per heavy atom. The minimum atomic E-state index is -0.830. The van der Waals surface area contributed by atoms with E-state index < -0.39 is 5.54 Å². The molecule has 0 radical (unpaired) electrons. The Morgan fingerprint density at radius 2 is 1.96 bits per heavy atom. The Labute approximate surface area is 159 Å². The zero-order valence-electron chi connectivity index (χ0n) is 15.8. The zero-order chi connectivity index (χ0) is 19.4. The van der Waals surface area contributed by atoms with Crippen LogP contribution in [0.2, 0.25) is 0 Å². The quantitative estimate of drug-likeness (QED) is 0.833. The van der Waals surface area contributed by atoms with Crippen LogP contribution in [-0.2, 0) is 20.9 Å². The van der Waals surface area contributed by atoms with E-state index in [-0.39, 0.29) is 23.5 Å². The van der Waals surface area contributed by atoms with E-state index in [0.717, 1.165) is 5.56 Å². The molecule has 1 aromatic rings. The lowest BCUT2D eigenvalue weighted by Gasteiger charge is -2.39. The van der Waals surface area contributed by atoms with Gasteiger partial charge in [-0.25, -0.2) is 4.39 Å². The fourth-order valence-electron chi connectivity index (χ4n) is 3.69. The van der Waals surface area contributed by atoms with E-state index in [9.17, 15) is 14.0 Å². The molecule has 2 aliphatic rings. The number of nitrogens with zero attached hydrogens (tertiary/aromatic N) is 1. The monoisotopic (exact) mass is 377 g/mol. The summed E-state index contributed by atoms with van der Waals surface area (Å²) in [6.07, 6.45) is 2.32. The number of rotatable bonds is 4. The highest BCUT2D eigenvalue weighted by atomic mass is 19.1. The Hall–Kier alpha value is -1.99. The third-order valence-electron chi connectivity index (χ3n) is 5.67. The van der Waals surface area contributed by atoms with Gasteiger partial charge in [0.05, 0.1) is 5.54 Å². The number of nitrogens with two attached hydrogens (primary N) is 1. The molecule has 0 bridgehead atoms. The van der Waals surface area contributed by atoms with Gasteiger partial charge in [-0.3, -0.25) is 9.59 Å². The average molecular weight is 377 g/mol. The predicted octanol–water partition coefficient (Wildman–Crippen LogP) is 1.50. The van der Waals surface area contributed by atoms with Crippen molar-refractivity contribution in [3.8, 4) is 0 Å². The molecule has 0 saturated carbocycles. The van der Waals surface area contributed by atoms with Gasteiger partial charge in [0, 0.05) is 38.8 Å². The van der Waals surface area contributed by atoms with Gasteiger partial charge in [-0.05, 0) is 49.8 Å². The second-order valence-electron chi connectivity index (χ2n) is 7.64. The molecule has 6 nitrogen and oxygen atoms in total. The molecule has 2 saturated heterocycles. The SMILES string of the molecule is Cc1ccc(CNC(=O)C2CCN(C(=O)C3(N)CCOCC3)CC2)cc1F. The third-order valence-corrected chi connectivity index (χ3v) is 5.67. The van der Waals surface area contributed by atoms with Crippen molar-refractivity contribution < 1.29 is 18.7 Å². The molecule has 0 atom stereocenters. The average Bonchev–Trinajstić information content (AvgIpc) is 2.69. The van der Waals surface area contributed by atoms with Crippen LogP contribution in [0.1, 0.15) is 36.8 Å². The molecule has 2 amide bonds. The molecule has 2 aliphatic heterocycles. The first-order valence-corrected chi connectivity index (χ1v) is 9.58. The van der Waals surface area contributed by atoms with E-state index in [4.69, 9.17) is 10.5 Å². The lowest BCUT2D eigenvalue weighted by atomic mass is 9.87. The molecule has 0 unspecified atom stereocenters. The number of amides is 2. The molecule has 2 fully saturated rings. The Bertz CT molecular complexity index is 696. The van der Waals surface area contributed by atoms with Crippen molar-refractivity contribution in [3.05, 3.63) is 35.1 Å². The summed E-state index contributed by atoms with van der Waals surface area (Å²) in [5, 5.41) is 2.88. The van der Waals surface area contributed by atoms with Crippen molar-refractivity contribution in [1.82, 2.24) is 10.2 Å². The molecule has 148 valence electrons. The summed E-state index contributed by atoms with van der Waals surface area (Å²) in [5.74, 6) is -0.471. The molecule has 0 spiro atoms. The Morgan fingerprint density at radius 1 is 1.30 bits per heavy atom. The van der Waals surface area contributed by atoms with E-state index in [1.165, 1.54) is 6.07 Å². The number of ether oxygens (including phenoxy) is 1. The molecule has 27 heavy (non-hydrogen) atoms. The van der Waals surface area contributed by atoms with Crippen LogP contribution in [0.4, 0.5) is 4.39 Å². The number of hydrogen-bond acceptors (Lipinski definition) is 4. The fourth-order valence-corrected chi connectivity index (χ4v) is 3.69. The number of halogens is 1. The molecule has 0 aromatic heterocycles. The standard InChI is InChI=1S/C20H28FN3O3/c1-14-2-3-15(12-17(14)21)13-23-18(25)16-4-8-24(9-5-16)19(26)20(22)6-10-27-11-7-20/h2-3,12,16H,4-11,13,22H2,1H3,(H,23,25). The second kappa shape index (κ2) is 8.35. The molecule has 2 heterocycles. The topological polar surface area (TPSA) is 84.7 Å². The zero-order valence-corrected chi connectivity index (χ0v) is 15.8. The number of aryl methyl sites for hydroxylation is 1. The number of carbonyl (C=O) groups is 2. The van der Waals surface area contributed by atoms with E-state index in [1.54, 1.807) is 17.9 Å². The van der Waals surface area contributed by atoms with Gasteiger partial charge in [0.2, 0.25) is 11.8 Å². The normalized spacial score (nSPS) is 20.3. The largest absolute Gasteiger partial charge is 0.381 e. The van der Waals surface area contributed by atoms with Gasteiger partial charge in [0.15, 0.2) is 0 Å². The molecular formula is C20H28FN3O3. The van der Waals surface area contributed by atoms with Gasteiger partial charge in [0.25, 0.3) is 0 Å². The van der Waals surface area contributed by atoms with Crippen LogP contribution < -0.4 is 11.1 Å². The van der Waals surface area contributed by atoms with E-state index in [2.05, 4.69) is 5.32 Å². The van der Waals surface area contributed by atoms with Crippen LogP contribution >= 0.6 is 0 Å². The number of piperidine rings is 1. The highest BCUT2D eigenvalue weighted by Gasteiger charge is 2.40. The maximum Gasteiger partial charge on any atom is 0.242 e. The molecule has 0 aliphatic carbocycles. The van der Waals surface area contributed by atoms with E-state index >= 15 is 0 Å². The summed E-state index contributed by atoms with van der Waals surface area (Å²) in [7, 11) is 0. The molecule has 7 heteroatoms. The van der Waals surface area contributed by atoms with Crippen LogP contribution in [0.5, 0.6) is 0 Å². The Kier molecular flexibility index (Phi) is 6.11. The summed E-state index contributed by atoms with van der Waals surface area (Å²) in [4.78, 5) is 26.9. The summed E-state index contributed by atoms with van der Waals surface area (Å²) in [5.41, 5.74) is 6.78. The second-order valence-corrected chi connectivity index (χ2v) is 7.64. The summed E-state index contributed by atoms with van der Waals surface area (Å²) < 4.78 is 18.9. The highest BCUT2D eigenvalue weighted by molar-refractivity contribution is 5.86. The fraction of sp³-hybridized carbons (Fsp3) is 0.600. The Balaban J connectivity index is 1.47. The van der Waals surface area contributed by atoms with Gasteiger partial charge in [-0.15, -0.1) is 0 Å². The van der Waals surface area contributed by atoms with E-state index in [0.29, 0.717) is 64.1 Å². The molecular weight excluding hydrogens is 349 g/mol. The van der Waals surface area contributed by atoms with Gasteiger partial charge in [-0.1, -0.05) is 12.1 Å². The van der Waals surface area contributed by atoms with Crippen molar-refractivity contribution in [3.63, 3.8) is 0 Å². The van der Waals surface area contributed by atoms with Crippen LogP contribution in [0, 0.1) is 18.7 Å². The van der Waals surface area contributed by atoms with Crippen LogP contribution in [0.15, 0.2) is 18.2 Å². The van der Waals surface area contributed by atoms with Gasteiger partial charge in [-0.2, -0.15) is 0 Å². The van der Waals surface area contributed by atoms with Crippen molar-refractivity contribution >= 4 is 11.8 Å². The van der Waals surface area contributed by atoms with Crippen LogP contribution in [0.25, 0.3) is 0 Å². The minimum Gasteiger partial charge on any atom is -0.381 e. The highest BCUT2D eigenvalue weighted by Crippen LogP contribution is 2.24. The van der Waals surface area contributed by atoms with E-state index in [1.807, 2.05) is 6.07 Å². The minimum absolute atomic E-state index is 0.0280. The number of carbonyl (C=O) groups excluding carboxylic acids is 2. The predicted molar refractivity (Wildman–Crippen MR) is 99.3 cm³/mol. The first-order chi connectivity index (χ1) is 12.9. The van der Waals surface area contributed by atoms with Gasteiger partial charge < -0.3 is 20.7 Å². The summed E-state index contributed by atoms with van der Waals surface area (Å²) in [6, 6.07) is 4.97. The van der Waals surface area contributed by atoms with Crippen molar-refractivity contribution in [2.24, 2.45) is 11.7 Å². The summed E-state index contributed by atoms with van der Waals surface area (Å²) in [6.45, 7) is 4.12.